The maximum absolute atomic E-state index is 5.50. The average Bonchev–Trinajstić information content (AvgIpc) is 2.31. The maximum Gasteiger partial charge on any atom is 0.103 e. The van der Waals surface area contributed by atoms with Crippen LogP contribution in [0.3, 0.4) is 0 Å². The lowest BCUT2D eigenvalue weighted by molar-refractivity contribution is 1.10. The van der Waals surface area contributed by atoms with Gasteiger partial charge in [0.2, 0.25) is 0 Å². The van der Waals surface area contributed by atoms with Crippen LogP contribution in [-0.2, 0) is 0 Å². The van der Waals surface area contributed by atoms with Crippen molar-refractivity contribution in [3.63, 3.8) is 0 Å². The smallest absolute Gasteiger partial charge is 0.103 e. The zero-order chi connectivity index (χ0) is 7.40. The number of hydrogen-bond acceptors (Lipinski definition) is 2. The fraction of sp³-hybridized carbons (Fsp3) is 0.500. The summed E-state index contributed by atoms with van der Waals surface area (Å²) < 4.78 is 0. The van der Waals surface area contributed by atoms with E-state index < -0.39 is 0 Å². The first kappa shape index (κ1) is 11.1. The number of nitrogens with one attached hydrogen (secondary N) is 1. The number of aryl methyl sites for hydroxylation is 1. The van der Waals surface area contributed by atoms with Crippen molar-refractivity contribution >= 4 is 35.8 Å². The third kappa shape index (κ3) is 3.89. The highest BCUT2D eigenvalue weighted by atomic mass is 35.5. The van der Waals surface area contributed by atoms with Crippen LogP contribution in [0.15, 0.2) is 11.2 Å². The van der Waals surface area contributed by atoms with Crippen molar-refractivity contribution in [3.05, 3.63) is 12.0 Å². The summed E-state index contributed by atoms with van der Waals surface area (Å²) in [7, 11) is 0. The van der Waals surface area contributed by atoms with Gasteiger partial charge in [-0.2, -0.15) is 0 Å². The molecule has 0 radical (unpaired) electrons. The number of aromatic nitrogens is 2. The van der Waals surface area contributed by atoms with E-state index in [0.29, 0.717) is 5.88 Å². The van der Waals surface area contributed by atoms with Crippen LogP contribution in [0.25, 0.3) is 0 Å². The molecule has 0 fully saturated rings. The largest absolute Gasteiger partial charge is 0.337 e. The topological polar surface area (TPSA) is 28.7 Å². The quantitative estimate of drug-likeness (QED) is 0.617. The van der Waals surface area contributed by atoms with E-state index in [1.165, 1.54) is 0 Å². The van der Waals surface area contributed by atoms with Gasteiger partial charge in [0.05, 0.1) is 11.2 Å². The van der Waals surface area contributed by atoms with Crippen molar-refractivity contribution in [1.82, 2.24) is 9.97 Å². The van der Waals surface area contributed by atoms with Crippen molar-refractivity contribution in [1.29, 1.82) is 0 Å². The van der Waals surface area contributed by atoms with Crippen LogP contribution in [-0.4, -0.2) is 21.6 Å². The molecule has 1 N–H and O–H groups in total. The predicted molar refractivity (Wildman–Crippen MR) is 52.0 cm³/mol. The zero-order valence-electron chi connectivity index (χ0n) is 6.13. The average molecular weight is 213 g/mol. The minimum absolute atomic E-state index is 0. The lowest BCUT2D eigenvalue weighted by Crippen LogP contribution is -1.78. The summed E-state index contributed by atoms with van der Waals surface area (Å²) in [5.41, 5.74) is 0. The van der Waals surface area contributed by atoms with Crippen LogP contribution in [0.1, 0.15) is 5.82 Å². The third-order valence-corrected chi connectivity index (χ3v) is 2.35. The van der Waals surface area contributed by atoms with Gasteiger partial charge >= 0.3 is 0 Å². The molecule has 64 valence electrons. The van der Waals surface area contributed by atoms with Crippen molar-refractivity contribution in [2.75, 3.05) is 11.6 Å². The molecule has 5 heteroatoms. The van der Waals surface area contributed by atoms with Gasteiger partial charge in [-0.05, 0) is 6.92 Å². The number of nitrogens with zero attached hydrogens (tertiary/aromatic N) is 1. The minimum Gasteiger partial charge on any atom is -0.337 e. The first-order chi connectivity index (χ1) is 4.83. The molecule has 0 atom stereocenters. The summed E-state index contributed by atoms with van der Waals surface area (Å²) >= 11 is 7.19. The predicted octanol–water partition coefficient (Wildman–Crippen LogP) is 2.47. The Morgan fingerprint density at radius 2 is 2.45 bits per heavy atom. The normalized spacial score (nSPS) is 9.27. The van der Waals surface area contributed by atoms with Crippen LogP contribution >= 0.6 is 35.8 Å². The molecular formula is C6H10Cl2N2S. The molecule has 0 spiro atoms. The van der Waals surface area contributed by atoms with Crippen LogP contribution in [0, 0.1) is 6.92 Å². The molecule has 0 aliphatic carbocycles. The summed E-state index contributed by atoms with van der Waals surface area (Å²) in [6.45, 7) is 1.94. The van der Waals surface area contributed by atoms with Gasteiger partial charge in [-0.15, -0.1) is 35.8 Å². The number of H-pyrrole nitrogens is 1. The van der Waals surface area contributed by atoms with Gasteiger partial charge in [0.25, 0.3) is 0 Å². The summed E-state index contributed by atoms with van der Waals surface area (Å²) in [6, 6.07) is 0. The molecule has 0 aliphatic heterocycles. The lowest BCUT2D eigenvalue weighted by atomic mass is 10.8. The molecule has 1 aromatic heterocycles. The first-order valence-corrected chi connectivity index (χ1v) is 4.55. The number of alkyl halides is 1. The Morgan fingerprint density at radius 1 is 1.73 bits per heavy atom. The number of halogens is 2. The Bertz CT molecular complexity index is 202. The highest BCUT2D eigenvalue weighted by Crippen LogP contribution is 2.14. The molecule has 0 aromatic carbocycles. The maximum atomic E-state index is 5.50. The molecule has 0 saturated carbocycles. The molecule has 1 rings (SSSR count). The van der Waals surface area contributed by atoms with E-state index in [-0.39, 0.29) is 12.4 Å². The second-order valence-electron chi connectivity index (χ2n) is 1.87. The molecule has 1 aromatic rings. The Morgan fingerprint density at radius 3 is 2.91 bits per heavy atom. The van der Waals surface area contributed by atoms with E-state index >= 15 is 0 Å². The second-order valence-corrected chi connectivity index (χ2v) is 3.39. The molecular weight excluding hydrogens is 203 g/mol. The van der Waals surface area contributed by atoms with Crippen molar-refractivity contribution < 1.29 is 0 Å². The molecule has 11 heavy (non-hydrogen) atoms. The molecule has 0 aliphatic rings. The Kier molecular flexibility index (Phi) is 5.82. The third-order valence-electron chi connectivity index (χ3n) is 1.01. The number of imidazole rings is 1. The lowest BCUT2D eigenvalue weighted by Gasteiger charge is -1.90. The van der Waals surface area contributed by atoms with Crippen LogP contribution < -0.4 is 0 Å². The van der Waals surface area contributed by atoms with Crippen molar-refractivity contribution in [3.8, 4) is 0 Å². The van der Waals surface area contributed by atoms with Crippen molar-refractivity contribution in [2.45, 2.75) is 11.9 Å². The number of rotatable bonds is 3. The SMILES string of the molecule is Cc1ncc(SCCCl)[nH]1.Cl. The van der Waals surface area contributed by atoms with E-state index in [0.717, 1.165) is 16.6 Å². The van der Waals surface area contributed by atoms with E-state index in [2.05, 4.69) is 9.97 Å². The van der Waals surface area contributed by atoms with E-state index in [1.807, 2.05) is 13.1 Å². The minimum atomic E-state index is 0. The molecule has 0 bridgehead atoms. The molecule has 0 amide bonds. The zero-order valence-corrected chi connectivity index (χ0v) is 8.52. The van der Waals surface area contributed by atoms with Gasteiger partial charge in [0.1, 0.15) is 5.82 Å². The molecule has 0 unspecified atom stereocenters. The fourth-order valence-electron chi connectivity index (χ4n) is 0.620. The van der Waals surface area contributed by atoms with Crippen LogP contribution in [0.2, 0.25) is 0 Å². The number of thioether (sulfide) groups is 1. The van der Waals surface area contributed by atoms with E-state index in [4.69, 9.17) is 11.6 Å². The van der Waals surface area contributed by atoms with Gasteiger partial charge in [0.15, 0.2) is 0 Å². The van der Waals surface area contributed by atoms with Crippen LogP contribution in [0.4, 0.5) is 0 Å². The first-order valence-electron chi connectivity index (χ1n) is 3.03. The standard InChI is InChI=1S/C6H9ClN2S.ClH/c1-5-8-4-6(9-5)10-3-2-7;/h4H,2-3H2,1H3,(H,8,9);1H. The van der Waals surface area contributed by atoms with Gasteiger partial charge in [-0.3, -0.25) is 0 Å². The second kappa shape index (κ2) is 5.75. The monoisotopic (exact) mass is 212 g/mol. The molecule has 1 heterocycles. The van der Waals surface area contributed by atoms with Gasteiger partial charge in [-0.25, -0.2) is 4.98 Å². The molecule has 2 nitrogen and oxygen atoms in total. The van der Waals surface area contributed by atoms with Gasteiger partial charge < -0.3 is 4.98 Å². The summed E-state index contributed by atoms with van der Waals surface area (Å²) in [5.74, 6) is 2.57. The fourth-order valence-corrected chi connectivity index (χ4v) is 1.50. The number of hydrogen-bond donors (Lipinski definition) is 1. The Balaban J connectivity index is 0.000001000. The Hall–Kier alpha value is 0.140. The highest BCUT2D eigenvalue weighted by Gasteiger charge is 1.94. The number of aromatic amines is 1. The van der Waals surface area contributed by atoms with Gasteiger partial charge in [-0.1, -0.05) is 0 Å². The van der Waals surface area contributed by atoms with Crippen molar-refractivity contribution in [2.24, 2.45) is 0 Å². The summed E-state index contributed by atoms with van der Waals surface area (Å²) in [5, 5.41) is 1.10. The van der Waals surface area contributed by atoms with Gasteiger partial charge in [0, 0.05) is 11.6 Å². The highest BCUT2D eigenvalue weighted by molar-refractivity contribution is 7.99. The summed E-state index contributed by atoms with van der Waals surface area (Å²) in [6.07, 6.45) is 1.83. The molecule has 0 saturated heterocycles. The van der Waals surface area contributed by atoms with Crippen LogP contribution in [0.5, 0.6) is 0 Å². The Labute approximate surface area is 81.5 Å². The van der Waals surface area contributed by atoms with E-state index in [1.54, 1.807) is 11.8 Å². The van der Waals surface area contributed by atoms with E-state index in [9.17, 15) is 0 Å². The summed E-state index contributed by atoms with van der Waals surface area (Å²) in [4.78, 5) is 7.15.